The van der Waals surface area contributed by atoms with Crippen LogP contribution in [0.3, 0.4) is 0 Å². The van der Waals surface area contributed by atoms with Gasteiger partial charge in [-0.3, -0.25) is 0 Å². The summed E-state index contributed by atoms with van der Waals surface area (Å²) < 4.78 is 21.8. The summed E-state index contributed by atoms with van der Waals surface area (Å²) in [6.45, 7) is 0. The van der Waals surface area contributed by atoms with Gasteiger partial charge in [-0.2, -0.15) is 0 Å². The van der Waals surface area contributed by atoms with Crippen molar-refractivity contribution in [3.63, 3.8) is 0 Å². The summed E-state index contributed by atoms with van der Waals surface area (Å²) >= 11 is 0. The van der Waals surface area contributed by atoms with E-state index >= 15 is 0 Å². The molecule has 90 valence electrons. The van der Waals surface area contributed by atoms with Crippen molar-refractivity contribution in [2.75, 3.05) is 12.0 Å². The van der Waals surface area contributed by atoms with Gasteiger partial charge in [0.15, 0.2) is 0 Å². The molecule has 0 aromatic heterocycles. The molecule has 0 amide bonds. The molecule has 0 aliphatic carbocycles. The zero-order valence-electron chi connectivity index (χ0n) is 9.46. The molecule has 0 radical (unpaired) electrons. The molecular weight excluding hydrogens is 224 g/mol. The fourth-order valence-corrected chi connectivity index (χ4v) is 2.48. The summed E-state index contributed by atoms with van der Waals surface area (Å²) in [5.41, 5.74) is 1.22. The average molecular weight is 242 g/mol. The highest BCUT2D eigenvalue weighted by Crippen LogP contribution is 2.07. The molecular formula is C12H18O3S. The molecule has 0 aliphatic heterocycles. The summed E-state index contributed by atoms with van der Waals surface area (Å²) in [5.74, 6) is -0.137. The van der Waals surface area contributed by atoms with E-state index in [9.17, 15) is 13.5 Å². The molecule has 0 spiro atoms. The maximum atomic E-state index is 10.9. The Kier molecular flexibility index (Phi) is 4.96. The molecule has 0 heterocycles. The highest BCUT2D eigenvalue weighted by atomic mass is 32.2. The first-order chi connectivity index (χ1) is 7.47. The van der Waals surface area contributed by atoms with Gasteiger partial charge in [0.05, 0.1) is 11.9 Å². The Bertz CT molecular complexity index is 398. The maximum absolute atomic E-state index is 10.9. The molecule has 4 heteroatoms. The van der Waals surface area contributed by atoms with E-state index < -0.39 is 15.9 Å². The molecule has 0 saturated heterocycles. The SMILES string of the molecule is CS(=O)(=O)C[C@@H](O)CCCc1ccccc1. The van der Waals surface area contributed by atoms with Crippen molar-refractivity contribution in [3.8, 4) is 0 Å². The van der Waals surface area contributed by atoms with Crippen molar-refractivity contribution in [1.29, 1.82) is 0 Å². The Labute approximate surface area is 97.0 Å². The lowest BCUT2D eigenvalue weighted by Gasteiger charge is -2.08. The Balaban J connectivity index is 2.26. The fourth-order valence-electron chi connectivity index (χ4n) is 1.62. The van der Waals surface area contributed by atoms with Crippen LogP contribution in [-0.2, 0) is 16.3 Å². The van der Waals surface area contributed by atoms with Crippen molar-refractivity contribution in [2.45, 2.75) is 25.4 Å². The van der Waals surface area contributed by atoms with Crippen LogP contribution in [0, 0.1) is 0 Å². The highest BCUT2D eigenvalue weighted by Gasteiger charge is 2.11. The van der Waals surface area contributed by atoms with Crippen LogP contribution in [0.4, 0.5) is 0 Å². The third-order valence-electron chi connectivity index (χ3n) is 2.34. The molecule has 0 fully saturated rings. The number of aryl methyl sites for hydroxylation is 1. The molecule has 3 nitrogen and oxygen atoms in total. The van der Waals surface area contributed by atoms with E-state index in [-0.39, 0.29) is 5.75 Å². The van der Waals surface area contributed by atoms with Crippen molar-refractivity contribution < 1.29 is 13.5 Å². The van der Waals surface area contributed by atoms with Crippen molar-refractivity contribution in [3.05, 3.63) is 35.9 Å². The second kappa shape index (κ2) is 6.01. The Morgan fingerprint density at radius 1 is 1.25 bits per heavy atom. The van der Waals surface area contributed by atoms with Gasteiger partial charge >= 0.3 is 0 Å². The number of aliphatic hydroxyl groups is 1. The number of hydrogen-bond donors (Lipinski definition) is 1. The predicted octanol–water partition coefficient (Wildman–Crippen LogP) is 1.41. The number of rotatable bonds is 6. The fraction of sp³-hybridized carbons (Fsp3) is 0.500. The van der Waals surface area contributed by atoms with Crippen LogP contribution in [0.5, 0.6) is 0 Å². The van der Waals surface area contributed by atoms with Gasteiger partial charge in [-0.1, -0.05) is 30.3 Å². The predicted molar refractivity (Wildman–Crippen MR) is 65.1 cm³/mol. The van der Waals surface area contributed by atoms with Crippen molar-refractivity contribution in [2.24, 2.45) is 0 Å². The van der Waals surface area contributed by atoms with Crippen LogP contribution in [0.2, 0.25) is 0 Å². The van der Waals surface area contributed by atoms with Crippen LogP contribution in [0.25, 0.3) is 0 Å². The number of aliphatic hydroxyl groups excluding tert-OH is 1. The molecule has 0 saturated carbocycles. The van der Waals surface area contributed by atoms with E-state index in [4.69, 9.17) is 0 Å². The first-order valence-electron chi connectivity index (χ1n) is 5.37. The monoisotopic (exact) mass is 242 g/mol. The first kappa shape index (κ1) is 13.2. The largest absolute Gasteiger partial charge is 0.392 e. The minimum Gasteiger partial charge on any atom is -0.392 e. The number of hydrogen-bond acceptors (Lipinski definition) is 3. The van der Waals surface area contributed by atoms with Gasteiger partial charge in [0.2, 0.25) is 0 Å². The van der Waals surface area contributed by atoms with E-state index in [1.165, 1.54) is 5.56 Å². The van der Waals surface area contributed by atoms with Gasteiger partial charge in [0, 0.05) is 6.26 Å². The smallest absolute Gasteiger partial charge is 0.149 e. The van der Waals surface area contributed by atoms with E-state index in [0.717, 1.165) is 19.1 Å². The minimum atomic E-state index is -3.07. The molecule has 1 aromatic carbocycles. The summed E-state index contributed by atoms with van der Waals surface area (Å²) in [7, 11) is -3.07. The number of sulfone groups is 1. The van der Waals surface area contributed by atoms with Gasteiger partial charge in [-0.25, -0.2) is 8.42 Å². The Hall–Kier alpha value is -0.870. The van der Waals surface area contributed by atoms with Crippen LogP contribution in [-0.4, -0.2) is 31.6 Å². The van der Waals surface area contributed by atoms with Gasteiger partial charge in [-0.05, 0) is 24.8 Å². The third-order valence-corrected chi connectivity index (χ3v) is 3.33. The summed E-state index contributed by atoms with van der Waals surface area (Å²) in [4.78, 5) is 0. The summed E-state index contributed by atoms with van der Waals surface area (Å²) in [5, 5.41) is 9.48. The molecule has 16 heavy (non-hydrogen) atoms. The molecule has 1 aromatic rings. The number of benzene rings is 1. The van der Waals surface area contributed by atoms with E-state index in [0.29, 0.717) is 6.42 Å². The maximum Gasteiger partial charge on any atom is 0.149 e. The topological polar surface area (TPSA) is 54.4 Å². The molecule has 0 unspecified atom stereocenters. The van der Waals surface area contributed by atoms with Crippen molar-refractivity contribution >= 4 is 9.84 Å². The van der Waals surface area contributed by atoms with E-state index in [1.54, 1.807) is 0 Å². The second-order valence-electron chi connectivity index (χ2n) is 4.12. The molecule has 1 atom stereocenters. The lowest BCUT2D eigenvalue weighted by molar-refractivity contribution is 0.184. The highest BCUT2D eigenvalue weighted by molar-refractivity contribution is 7.90. The molecule has 0 aliphatic rings. The average Bonchev–Trinajstić information content (AvgIpc) is 2.16. The van der Waals surface area contributed by atoms with Gasteiger partial charge in [0.25, 0.3) is 0 Å². The van der Waals surface area contributed by atoms with Gasteiger partial charge in [-0.15, -0.1) is 0 Å². The van der Waals surface area contributed by atoms with Crippen LogP contribution >= 0.6 is 0 Å². The van der Waals surface area contributed by atoms with Gasteiger partial charge in [0.1, 0.15) is 9.84 Å². The quantitative estimate of drug-likeness (QED) is 0.820. The summed E-state index contributed by atoms with van der Waals surface area (Å²) in [6, 6.07) is 9.97. The van der Waals surface area contributed by atoms with Crippen LogP contribution in [0.15, 0.2) is 30.3 Å². The van der Waals surface area contributed by atoms with Crippen LogP contribution < -0.4 is 0 Å². The Morgan fingerprint density at radius 2 is 1.88 bits per heavy atom. The minimum absolute atomic E-state index is 0.137. The molecule has 1 N–H and O–H groups in total. The lowest BCUT2D eigenvalue weighted by Crippen LogP contribution is -2.19. The molecule has 1 rings (SSSR count). The normalized spacial score (nSPS) is 13.6. The van der Waals surface area contributed by atoms with Crippen LogP contribution in [0.1, 0.15) is 18.4 Å². The zero-order chi connectivity index (χ0) is 12.0. The zero-order valence-corrected chi connectivity index (χ0v) is 10.3. The van der Waals surface area contributed by atoms with Gasteiger partial charge < -0.3 is 5.11 Å². The van der Waals surface area contributed by atoms with Crippen molar-refractivity contribution in [1.82, 2.24) is 0 Å². The second-order valence-corrected chi connectivity index (χ2v) is 6.31. The lowest BCUT2D eigenvalue weighted by atomic mass is 10.1. The third kappa shape index (κ3) is 5.88. The molecule has 0 bridgehead atoms. The van der Waals surface area contributed by atoms with E-state index in [2.05, 4.69) is 0 Å². The first-order valence-corrected chi connectivity index (χ1v) is 7.43. The standard InChI is InChI=1S/C12H18O3S/c1-16(14,15)10-12(13)9-5-8-11-6-3-2-4-7-11/h2-4,6-7,12-13H,5,8-10H2,1H3/t12-/m0/s1. The Morgan fingerprint density at radius 3 is 2.44 bits per heavy atom. The summed E-state index contributed by atoms with van der Waals surface area (Å²) in [6.07, 6.45) is 2.62. The van der Waals surface area contributed by atoms with E-state index in [1.807, 2.05) is 30.3 Å².